The molecule has 0 bridgehead atoms. The zero-order valence-electron chi connectivity index (χ0n) is 12.0. The van der Waals surface area contributed by atoms with E-state index in [1.54, 1.807) is 11.3 Å². The molecule has 0 fully saturated rings. The van der Waals surface area contributed by atoms with Crippen molar-refractivity contribution in [1.82, 2.24) is 10.4 Å². The highest BCUT2D eigenvalue weighted by Gasteiger charge is 2.12. The van der Waals surface area contributed by atoms with Gasteiger partial charge in [0.25, 0.3) is 0 Å². The van der Waals surface area contributed by atoms with Gasteiger partial charge in [-0.05, 0) is 29.7 Å². The summed E-state index contributed by atoms with van der Waals surface area (Å²) >= 11 is 1.69. The number of aromatic nitrogens is 1. The normalized spacial score (nSPS) is 12.7. The Kier molecular flexibility index (Phi) is 4.29. The summed E-state index contributed by atoms with van der Waals surface area (Å²) in [5, 5.41) is 5.79. The van der Waals surface area contributed by atoms with Crippen LogP contribution in [0.3, 0.4) is 0 Å². The van der Waals surface area contributed by atoms with E-state index in [9.17, 15) is 0 Å². The van der Waals surface area contributed by atoms with Crippen molar-refractivity contribution in [3.8, 4) is 0 Å². The Bertz CT molecular complexity index is 730. The summed E-state index contributed by atoms with van der Waals surface area (Å²) in [5.41, 5.74) is 5.37. The number of hydrogen-bond acceptors (Lipinski definition) is 4. The summed E-state index contributed by atoms with van der Waals surface area (Å²) in [6.45, 7) is 2.03. The minimum Gasteiger partial charge on any atom is -0.271 e. The summed E-state index contributed by atoms with van der Waals surface area (Å²) in [6.07, 6.45) is 1.75. The van der Waals surface area contributed by atoms with Gasteiger partial charge in [-0.15, -0.1) is 11.3 Å². The van der Waals surface area contributed by atoms with Gasteiger partial charge < -0.3 is 0 Å². The third-order valence-electron chi connectivity index (χ3n) is 3.70. The summed E-state index contributed by atoms with van der Waals surface area (Å²) < 4.78 is 0. The molecule has 0 spiro atoms. The highest BCUT2D eigenvalue weighted by atomic mass is 32.1. The van der Waals surface area contributed by atoms with Gasteiger partial charge >= 0.3 is 0 Å². The number of aryl methyl sites for hydroxylation is 1. The number of hydrazine groups is 1. The molecule has 3 rings (SSSR count). The number of benzene rings is 2. The molecule has 0 amide bonds. The Labute approximate surface area is 128 Å². The lowest BCUT2D eigenvalue weighted by Gasteiger charge is -2.16. The molecule has 0 saturated heterocycles. The van der Waals surface area contributed by atoms with Gasteiger partial charge in [0.2, 0.25) is 0 Å². The van der Waals surface area contributed by atoms with Crippen LogP contribution in [0.4, 0.5) is 0 Å². The van der Waals surface area contributed by atoms with Crippen LogP contribution in [0.25, 0.3) is 10.8 Å². The largest absolute Gasteiger partial charge is 0.271 e. The molecule has 1 unspecified atom stereocenters. The predicted octanol–water partition coefficient (Wildman–Crippen LogP) is 3.22. The van der Waals surface area contributed by atoms with E-state index < -0.39 is 0 Å². The van der Waals surface area contributed by atoms with Gasteiger partial charge in [0.05, 0.1) is 10.7 Å². The van der Waals surface area contributed by atoms with Crippen LogP contribution in [0.2, 0.25) is 0 Å². The summed E-state index contributed by atoms with van der Waals surface area (Å²) in [7, 11) is 0. The average Bonchev–Trinajstić information content (AvgIpc) is 2.92. The van der Waals surface area contributed by atoms with Crippen LogP contribution in [0.5, 0.6) is 0 Å². The lowest BCUT2D eigenvalue weighted by molar-refractivity contribution is 0.519. The Morgan fingerprint density at radius 3 is 2.71 bits per heavy atom. The first-order valence-corrected chi connectivity index (χ1v) is 7.98. The fraction of sp³-hybridized carbons (Fsp3) is 0.235. The highest BCUT2D eigenvalue weighted by molar-refractivity contribution is 7.09. The molecule has 1 aromatic heterocycles. The van der Waals surface area contributed by atoms with Crippen LogP contribution in [0.1, 0.15) is 16.3 Å². The standard InChI is InChI=1S/C17H19N3S/c1-12-19-16(11-21-12)10-15(20-18)9-14-7-4-6-13-5-2-3-8-17(13)14/h2-8,11,15,20H,9-10,18H2,1H3. The molecule has 21 heavy (non-hydrogen) atoms. The highest BCUT2D eigenvalue weighted by Crippen LogP contribution is 2.20. The number of fused-ring (bicyclic) bond motifs is 1. The van der Waals surface area contributed by atoms with Gasteiger partial charge in [-0.3, -0.25) is 11.3 Å². The smallest absolute Gasteiger partial charge is 0.0897 e. The Hall–Kier alpha value is -1.75. The Morgan fingerprint density at radius 1 is 1.14 bits per heavy atom. The van der Waals surface area contributed by atoms with Crippen molar-refractivity contribution < 1.29 is 0 Å². The molecule has 0 aliphatic heterocycles. The number of thiazole rings is 1. The zero-order valence-corrected chi connectivity index (χ0v) is 12.9. The first kappa shape index (κ1) is 14.2. The number of hydrogen-bond donors (Lipinski definition) is 2. The molecule has 108 valence electrons. The molecule has 3 N–H and O–H groups in total. The second-order valence-electron chi connectivity index (χ2n) is 5.27. The predicted molar refractivity (Wildman–Crippen MR) is 89.3 cm³/mol. The number of nitrogens with two attached hydrogens (primary N) is 1. The van der Waals surface area contributed by atoms with Crippen LogP contribution in [-0.4, -0.2) is 11.0 Å². The van der Waals surface area contributed by atoms with Gasteiger partial charge in [0, 0.05) is 17.8 Å². The molecular weight excluding hydrogens is 278 g/mol. The van der Waals surface area contributed by atoms with Crippen LogP contribution in [-0.2, 0) is 12.8 Å². The van der Waals surface area contributed by atoms with Crippen molar-refractivity contribution in [1.29, 1.82) is 0 Å². The number of nitrogens with one attached hydrogen (secondary N) is 1. The molecule has 1 atom stereocenters. The molecule has 2 aromatic carbocycles. The van der Waals surface area contributed by atoms with Gasteiger partial charge in [0.1, 0.15) is 0 Å². The third-order valence-corrected chi connectivity index (χ3v) is 4.53. The number of nitrogens with zero attached hydrogens (tertiary/aromatic N) is 1. The molecule has 0 saturated carbocycles. The van der Waals surface area contributed by atoms with E-state index in [0.717, 1.165) is 23.5 Å². The Morgan fingerprint density at radius 2 is 1.95 bits per heavy atom. The monoisotopic (exact) mass is 297 g/mol. The van der Waals surface area contributed by atoms with Crippen LogP contribution >= 0.6 is 11.3 Å². The Balaban J connectivity index is 1.82. The molecule has 0 radical (unpaired) electrons. The molecule has 1 heterocycles. The molecule has 0 aliphatic rings. The summed E-state index contributed by atoms with van der Waals surface area (Å²) in [5.74, 6) is 5.74. The van der Waals surface area contributed by atoms with E-state index in [1.165, 1.54) is 16.3 Å². The topological polar surface area (TPSA) is 50.9 Å². The van der Waals surface area contributed by atoms with E-state index in [0.29, 0.717) is 0 Å². The fourth-order valence-corrected chi connectivity index (χ4v) is 3.31. The van der Waals surface area contributed by atoms with E-state index in [1.807, 2.05) is 6.92 Å². The van der Waals surface area contributed by atoms with Crippen LogP contribution in [0.15, 0.2) is 47.8 Å². The van der Waals surface area contributed by atoms with Gasteiger partial charge in [-0.25, -0.2) is 4.98 Å². The first-order valence-electron chi connectivity index (χ1n) is 7.10. The minimum atomic E-state index is 0.192. The quantitative estimate of drug-likeness (QED) is 0.561. The number of rotatable bonds is 5. The lowest BCUT2D eigenvalue weighted by Crippen LogP contribution is -2.38. The van der Waals surface area contributed by atoms with Crippen molar-refractivity contribution in [3.05, 3.63) is 64.1 Å². The van der Waals surface area contributed by atoms with Crippen molar-refractivity contribution in [2.45, 2.75) is 25.8 Å². The summed E-state index contributed by atoms with van der Waals surface area (Å²) in [4.78, 5) is 4.53. The van der Waals surface area contributed by atoms with E-state index in [2.05, 4.69) is 58.3 Å². The van der Waals surface area contributed by atoms with Crippen molar-refractivity contribution in [2.24, 2.45) is 5.84 Å². The van der Waals surface area contributed by atoms with Crippen molar-refractivity contribution in [2.75, 3.05) is 0 Å². The molecule has 3 aromatic rings. The maximum absolute atomic E-state index is 5.74. The molecular formula is C17H19N3S. The van der Waals surface area contributed by atoms with Crippen LogP contribution < -0.4 is 11.3 Å². The fourth-order valence-electron chi connectivity index (χ4n) is 2.68. The zero-order chi connectivity index (χ0) is 14.7. The van der Waals surface area contributed by atoms with E-state index in [4.69, 9.17) is 5.84 Å². The first-order chi connectivity index (χ1) is 10.3. The summed E-state index contributed by atoms with van der Waals surface area (Å²) in [6, 6.07) is 15.1. The maximum atomic E-state index is 5.74. The van der Waals surface area contributed by atoms with Gasteiger partial charge in [-0.2, -0.15) is 0 Å². The SMILES string of the molecule is Cc1nc(CC(Cc2cccc3ccccc23)NN)cs1. The van der Waals surface area contributed by atoms with Crippen molar-refractivity contribution in [3.63, 3.8) is 0 Å². The van der Waals surface area contributed by atoms with Gasteiger partial charge in [-0.1, -0.05) is 42.5 Å². The van der Waals surface area contributed by atoms with Gasteiger partial charge in [0.15, 0.2) is 0 Å². The second kappa shape index (κ2) is 6.35. The third kappa shape index (κ3) is 3.29. The molecule has 0 aliphatic carbocycles. The molecule has 4 heteroatoms. The van der Waals surface area contributed by atoms with Crippen molar-refractivity contribution >= 4 is 22.1 Å². The second-order valence-corrected chi connectivity index (χ2v) is 6.33. The maximum Gasteiger partial charge on any atom is 0.0897 e. The van der Waals surface area contributed by atoms with E-state index >= 15 is 0 Å². The average molecular weight is 297 g/mol. The minimum absolute atomic E-state index is 0.192. The molecule has 3 nitrogen and oxygen atoms in total. The lowest BCUT2D eigenvalue weighted by atomic mass is 9.97. The van der Waals surface area contributed by atoms with Crippen LogP contribution in [0, 0.1) is 6.92 Å². The van der Waals surface area contributed by atoms with E-state index in [-0.39, 0.29) is 6.04 Å².